The molecule has 1 amide bonds. The molecule has 5 rings (SSSR count). The third-order valence-corrected chi connectivity index (χ3v) is 7.21. The smallest absolute Gasteiger partial charge is 0.406 e. The molecule has 0 saturated carbocycles. The number of halogens is 3. The highest BCUT2D eigenvalue weighted by atomic mass is 32.2. The summed E-state index contributed by atoms with van der Waals surface area (Å²) in [5.74, 6) is 0.861. The van der Waals surface area contributed by atoms with Crippen LogP contribution in [0.5, 0.6) is 5.75 Å². The lowest BCUT2D eigenvalue weighted by atomic mass is 10.0. The third kappa shape index (κ3) is 6.88. The van der Waals surface area contributed by atoms with Gasteiger partial charge in [-0.3, -0.25) is 9.69 Å². The maximum atomic E-state index is 12.8. The van der Waals surface area contributed by atoms with Crippen LogP contribution in [-0.2, 0) is 11.2 Å². The van der Waals surface area contributed by atoms with E-state index in [0.29, 0.717) is 34.1 Å². The van der Waals surface area contributed by atoms with E-state index in [9.17, 15) is 18.0 Å². The van der Waals surface area contributed by atoms with Crippen LogP contribution in [0.4, 0.5) is 18.9 Å². The predicted octanol–water partition coefficient (Wildman–Crippen LogP) is 6.89. The number of anilines is 1. The second kappa shape index (κ2) is 12.2. The van der Waals surface area contributed by atoms with E-state index in [-0.39, 0.29) is 11.7 Å². The Morgan fingerprint density at radius 3 is 2.45 bits per heavy atom. The molecular formula is C30H27F3N6O2S. The topological polar surface area (TPSA) is 85.0 Å². The highest BCUT2D eigenvalue weighted by molar-refractivity contribution is 8.15. The molecule has 0 bridgehead atoms. The number of benzene rings is 3. The monoisotopic (exact) mass is 592 g/mol. The van der Waals surface area contributed by atoms with Crippen molar-refractivity contribution in [1.29, 1.82) is 0 Å². The molecule has 1 aliphatic rings. The van der Waals surface area contributed by atoms with Crippen LogP contribution in [0.15, 0.2) is 89.3 Å². The second-order valence-corrected chi connectivity index (χ2v) is 10.9. The van der Waals surface area contributed by atoms with Crippen LogP contribution in [0.25, 0.3) is 17.1 Å². The zero-order chi connectivity index (χ0) is 29.9. The summed E-state index contributed by atoms with van der Waals surface area (Å²) in [6.07, 6.45) is -2.42. The summed E-state index contributed by atoms with van der Waals surface area (Å²) in [6, 6.07) is 20.7. The molecule has 4 aromatic rings. The molecule has 1 saturated heterocycles. The average Bonchev–Trinajstić information content (AvgIpc) is 3.59. The molecule has 2 heterocycles. The molecule has 1 aliphatic heterocycles. The highest BCUT2D eigenvalue weighted by Gasteiger charge is 2.32. The summed E-state index contributed by atoms with van der Waals surface area (Å²) < 4.78 is 42.6. The van der Waals surface area contributed by atoms with Crippen molar-refractivity contribution in [2.24, 2.45) is 16.1 Å². The number of para-hydroxylation sites is 1. The largest absolute Gasteiger partial charge is 0.573 e. The van der Waals surface area contributed by atoms with Crippen LogP contribution in [0.1, 0.15) is 31.9 Å². The van der Waals surface area contributed by atoms with E-state index in [4.69, 9.17) is 0 Å². The Balaban J connectivity index is 1.30. The van der Waals surface area contributed by atoms with Gasteiger partial charge in [-0.25, -0.2) is 9.67 Å². The van der Waals surface area contributed by atoms with Gasteiger partial charge < -0.3 is 4.74 Å². The van der Waals surface area contributed by atoms with E-state index in [2.05, 4.69) is 38.9 Å². The molecule has 0 spiro atoms. The number of aromatic nitrogens is 3. The van der Waals surface area contributed by atoms with Gasteiger partial charge in [0.1, 0.15) is 12.1 Å². The number of amidine groups is 1. The van der Waals surface area contributed by atoms with Crippen LogP contribution in [0.3, 0.4) is 0 Å². The Kier molecular flexibility index (Phi) is 8.44. The SMILES string of the molecule is C/C(=N\N=C1/SCC(=O)N1c1ccccc1CC(C)C)c1ccc(-c2ncn(-c3ccc(OC(F)(F)F)cc3)n2)cc1. The summed E-state index contributed by atoms with van der Waals surface area (Å²) in [7, 11) is 0. The van der Waals surface area contributed by atoms with Gasteiger partial charge in [-0.2, -0.15) is 5.10 Å². The fourth-order valence-corrected chi connectivity index (χ4v) is 5.18. The summed E-state index contributed by atoms with van der Waals surface area (Å²) in [6.45, 7) is 6.13. The Morgan fingerprint density at radius 2 is 1.76 bits per heavy atom. The van der Waals surface area contributed by atoms with Crippen LogP contribution in [0, 0.1) is 5.92 Å². The average molecular weight is 593 g/mol. The fraction of sp³-hybridized carbons (Fsp3) is 0.233. The van der Waals surface area contributed by atoms with Crippen molar-refractivity contribution in [3.8, 4) is 22.8 Å². The van der Waals surface area contributed by atoms with Crippen molar-refractivity contribution in [1.82, 2.24) is 14.8 Å². The number of nitrogens with zero attached hydrogens (tertiary/aromatic N) is 6. The molecule has 216 valence electrons. The van der Waals surface area contributed by atoms with Gasteiger partial charge >= 0.3 is 6.36 Å². The minimum absolute atomic E-state index is 0.0234. The standard InChI is InChI=1S/C30H27F3N6O2S/c1-19(2)16-23-6-4-5-7-26(23)39-27(40)17-42-29(39)36-35-20(3)21-8-10-22(11-9-21)28-34-18-38(37-28)24-12-14-25(15-13-24)41-30(31,32)33/h4-15,18-19H,16-17H2,1-3H3/b35-20+,36-29-. The number of amides is 1. The van der Waals surface area contributed by atoms with Gasteiger partial charge in [-0.05, 0) is 60.7 Å². The second-order valence-electron chi connectivity index (χ2n) is 9.94. The van der Waals surface area contributed by atoms with E-state index >= 15 is 0 Å². The van der Waals surface area contributed by atoms with Gasteiger partial charge in [0.15, 0.2) is 11.0 Å². The van der Waals surface area contributed by atoms with Crippen LogP contribution < -0.4 is 9.64 Å². The van der Waals surface area contributed by atoms with Crippen molar-refractivity contribution in [3.05, 3.63) is 90.3 Å². The van der Waals surface area contributed by atoms with Crippen molar-refractivity contribution in [2.45, 2.75) is 33.6 Å². The molecule has 3 aromatic carbocycles. The molecule has 8 nitrogen and oxygen atoms in total. The Bertz CT molecular complexity index is 1630. The number of thioether (sulfide) groups is 1. The first kappa shape index (κ1) is 29.1. The van der Waals surface area contributed by atoms with E-state index < -0.39 is 6.36 Å². The molecule has 0 aliphatic carbocycles. The minimum atomic E-state index is -4.75. The number of hydrogen-bond donors (Lipinski definition) is 0. The van der Waals surface area contributed by atoms with E-state index in [1.807, 2.05) is 55.5 Å². The molecule has 0 radical (unpaired) electrons. The van der Waals surface area contributed by atoms with Crippen molar-refractivity contribution >= 4 is 34.2 Å². The third-order valence-electron chi connectivity index (χ3n) is 6.30. The Labute approximate surface area is 244 Å². The summed E-state index contributed by atoms with van der Waals surface area (Å²) in [4.78, 5) is 18.8. The molecule has 1 fully saturated rings. The Hall–Kier alpha value is -4.45. The first-order chi connectivity index (χ1) is 20.1. The zero-order valence-corrected chi connectivity index (χ0v) is 23.9. The van der Waals surface area contributed by atoms with Crippen LogP contribution >= 0.6 is 11.8 Å². The Morgan fingerprint density at radius 1 is 1.05 bits per heavy atom. The number of hydrogen-bond acceptors (Lipinski definition) is 7. The molecule has 0 atom stereocenters. The predicted molar refractivity (Wildman–Crippen MR) is 158 cm³/mol. The number of rotatable bonds is 8. The molecular weight excluding hydrogens is 565 g/mol. The van der Waals surface area contributed by atoms with Gasteiger partial charge in [0.2, 0.25) is 5.91 Å². The summed E-state index contributed by atoms with van der Waals surface area (Å²) >= 11 is 1.36. The van der Waals surface area contributed by atoms with Gasteiger partial charge in [-0.1, -0.05) is 68.1 Å². The lowest BCUT2D eigenvalue weighted by molar-refractivity contribution is -0.274. The molecule has 1 aromatic heterocycles. The lowest BCUT2D eigenvalue weighted by Crippen LogP contribution is -2.30. The van der Waals surface area contributed by atoms with Crippen molar-refractivity contribution in [2.75, 3.05) is 10.7 Å². The highest BCUT2D eigenvalue weighted by Crippen LogP contribution is 2.31. The van der Waals surface area contributed by atoms with Gasteiger partial charge in [0, 0.05) is 5.56 Å². The molecule has 0 unspecified atom stereocenters. The first-order valence-electron chi connectivity index (χ1n) is 13.1. The molecule has 42 heavy (non-hydrogen) atoms. The normalized spacial score (nSPS) is 15.2. The number of carbonyl (C=O) groups is 1. The maximum absolute atomic E-state index is 12.8. The first-order valence-corrected chi connectivity index (χ1v) is 14.1. The number of alkyl halides is 3. The van der Waals surface area contributed by atoms with Gasteiger partial charge in [0.05, 0.1) is 22.8 Å². The van der Waals surface area contributed by atoms with Crippen LogP contribution in [-0.4, -0.2) is 43.7 Å². The minimum Gasteiger partial charge on any atom is -0.406 e. The number of ether oxygens (including phenoxy) is 1. The number of carbonyl (C=O) groups excluding carboxylic acids is 1. The van der Waals surface area contributed by atoms with Gasteiger partial charge in [-0.15, -0.1) is 23.4 Å². The van der Waals surface area contributed by atoms with Crippen molar-refractivity contribution in [3.63, 3.8) is 0 Å². The molecule has 0 N–H and O–H groups in total. The quantitative estimate of drug-likeness (QED) is 0.164. The van der Waals surface area contributed by atoms with E-state index in [1.165, 1.54) is 47.0 Å². The zero-order valence-electron chi connectivity index (χ0n) is 23.0. The fourth-order valence-electron chi connectivity index (χ4n) is 4.37. The van der Waals surface area contributed by atoms with Crippen LogP contribution in [0.2, 0.25) is 0 Å². The van der Waals surface area contributed by atoms with E-state index in [0.717, 1.165) is 28.8 Å². The van der Waals surface area contributed by atoms with Crippen molar-refractivity contribution < 1.29 is 22.7 Å². The molecule has 12 heteroatoms. The lowest BCUT2D eigenvalue weighted by Gasteiger charge is -2.20. The summed E-state index contributed by atoms with van der Waals surface area (Å²) in [5, 5.41) is 13.9. The van der Waals surface area contributed by atoms with Gasteiger partial charge in [0.25, 0.3) is 0 Å². The van der Waals surface area contributed by atoms with E-state index in [1.54, 1.807) is 4.90 Å². The maximum Gasteiger partial charge on any atom is 0.573 e. The summed E-state index contributed by atoms with van der Waals surface area (Å²) in [5.41, 5.74) is 4.73.